The minimum atomic E-state index is -0.584. The highest BCUT2D eigenvalue weighted by Crippen LogP contribution is 2.33. The number of furan rings is 1. The maximum absolute atomic E-state index is 9.61. The average molecular weight is 310 g/mol. The first-order valence-corrected chi connectivity index (χ1v) is 7.78. The van der Waals surface area contributed by atoms with Crippen molar-refractivity contribution >= 4 is 11.0 Å². The van der Waals surface area contributed by atoms with Crippen LogP contribution in [0.15, 0.2) is 46.9 Å². The van der Waals surface area contributed by atoms with Gasteiger partial charge in [0.2, 0.25) is 6.79 Å². The lowest BCUT2D eigenvalue weighted by Gasteiger charge is -2.04. The SMILES string of the molecule is CC(O)c1cc2ccc(CCc3ccc4c(c3)OCO4)cc2o1. The van der Waals surface area contributed by atoms with Gasteiger partial charge >= 0.3 is 0 Å². The van der Waals surface area contributed by atoms with Crippen LogP contribution >= 0.6 is 0 Å². The van der Waals surface area contributed by atoms with Gasteiger partial charge in [-0.3, -0.25) is 0 Å². The van der Waals surface area contributed by atoms with Crippen molar-refractivity contribution in [3.05, 3.63) is 59.4 Å². The van der Waals surface area contributed by atoms with E-state index in [0.29, 0.717) is 12.6 Å². The fraction of sp³-hybridized carbons (Fsp3) is 0.263. The van der Waals surface area contributed by atoms with Crippen molar-refractivity contribution in [2.45, 2.75) is 25.9 Å². The van der Waals surface area contributed by atoms with Gasteiger partial charge in [0, 0.05) is 5.39 Å². The Morgan fingerprint density at radius 2 is 1.70 bits per heavy atom. The van der Waals surface area contributed by atoms with E-state index in [4.69, 9.17) is 13.9 Å². The zero-order valence-electron chi connectivity index (χ0n) is 12.9. The Balaban J connectivity index is 1.51. The molecule has 4 rings (SSSR count). The minimum absolute atomic E-state index is 0.305. The van der Waals surface area contributed by atoms with Crippen LogP contribution in [0.25, 0.3) is 11.0 Å². The van der Waals surface area contributed by atoms with Crippen LogP contribution < -0.4 is 9.47 Å². The second kappa shape index (κ2) is 5.63. The van der Waals surface area contributed by atoms with Crippen molar-refractivity contribution in [1.82, 2.24) is 0 Å². The van der Waals surface area contributed by atoms with E-state index in [9.17, 15) is 5.11 Å². The summed E-state index contributed by atoms with van der Waals surface area (Å²) in [4.78, 5) is 0. The molecule has 23 heavy (non-hydrogen) atoms. The second-order valence-corrected chi connectivity index (χ2v) is 5.88. The van der Waals surface area contributed by atoms with Crippen LogP contribution in [0.1, 0.15) is 29.9 Å². The molecule has 1 N–H and O–H groups in total. The van der Waals surface area contributed by atoms with E-state index >= 15 is 0 Å². The summed E-state index contributed by atoms with van der Waals surface area (Å²) in [5, 5.41) is 10.6. The Hall–Kier alpha value is -2.46. The third-order valence-corrected chi connectivity index (χ3v) is 4.15. The van der Waals surface area contributed by atoms with Crippen LogP contribution in [-0.4, -0.2) is 11.9 Å². The molecule has 1 aliphatic heterocycles. The summed E-state index contributed by atoms with van der Waals surface area (Å²) >= 11 is 0. The molecule has 1 aromatic heterocycles. The molecule has 0 amide bonds. The Labute approximate surface area is 134 Å². The molecule has 2 aromatic carbocycles. The van der Waals surface area contributed by atoms with Gasteiger partial charge in [-0.2, -0.15) is 0 Å². The zero-order chi connectivity index (χ0) is 15.8. The molecule has 0 radical (unpaired) electrons. The molecule has 4 heteroatoms. The van der Waals surface area contributed by atoms with E-state index in [0.717, 1.165) is 35.3 Å². The summed E-state index contributed by atoms with van der Waals surface area (Å²) in [6.45, 7) is 2.01. The Morgan fingerprint density at radius 3 is 2.52 bits per heavy atom. The third-order valence-electron chi connectivity index (χ3n) is 4.15. The summed E-state index contributed by atoms with van der Waals surface area (Å²) in [6.07, 6.45) is 1.26. The molecule has 0 bridgehead atoms. The van der Waals surface area contributed by atoms with Gasteiger partial charge < -0.3 is 19.0 Å². The van der Waals surface area contributed by atoms with E-state index in [1.54, 1.807) is 6.92 Å². The highest BCUT2D eigenvalue weighted by molar-refractivity contribution is 5.78. The first-order chi connectivity index (χ1) is 11.2. The van der Waals surface area contributed by atoms with E-state index in [1.165, 1.54) is 11.1 Å². The number of aliphatic hydroxyl groups excluding tert-OH is 1. The van der Waals surface area contributed by atoms with Gasteiger partial charge in [-0.15, -0.1) is 0 Å². The number of aryl methyl sites for hydroxylation is 2. The van der Waals surface area contributed by atoms with Crippen molar-refractivity contribution in [3.8, 4) is 11.5 Å². The van der Waals surface area contributed by atoms with Gasteiger partial charge in [0.1, 0.15) is 17.4 Å². The van der Waals surface area contributed by atoms with Crippen LogP contribution in [0, 0.1) is 0 Å². The number of hydrogen-bond acceptors (Lipinski definition) is 4. The van der Waals surface area contributed by atoms with Gasteiger partial charge in [0.15, 0.2) is 11.5 Å². The molecule has 2 heterocycles. The topological polar surface area (TPSA) is 51.8 Å². The third kappa shape index (κ3) is 2.78. The summed E-state index contributed by atoms with van der Waals surface area (Å²) in [5.41, 5.74) is 3.25. The van der Waals surface area contributed by atoms with E-state index in [2.05, 4.69) is 12.1 Å². The van der Waals surface area contributed by atoms with Crippen LogP contribution in [0.3, 0.4) is 0 Å². The van der Waals surface area contributed by atoms with Gasteiger partial charge in [0.25, 0.3) is 0 Å². The van der Waals surface area contributed by atoms with Gasteiger partial charge in [-0.1, -0.05) is 18.2 Å². The highest BCUT2D eigenvalue weighted by atomic mass is 16.7. The van der Waals surface area contributed by atoms with Gasteiger partial charge in [-0.05, 0) is 55.2 Å². The Morgan fingerprint density at radius 1 is 0.957 bits per heavy atom. The lowest BCUT2D eigenvalue weighted by atomic mass is 10.0. The normalized spacial score (nSPS) is 14.3. The van der Waals surface area contributed by atoms with Crippen LogP contribution in [0.5, 0.6) is 11.5 Å². The predicted octanol–water partition coefficient (Wildman–Crippen LogP) is 4.00. The lowest BCUT2D eigenvalue weighted by molar-refractivity contribution is 0.172. The second-order valence-electron chi connectivity index (χ2n) is 5.88. The first-order valence-electron chi connectivity index (χ1n) is 7.78. The number of benzene rings is 2. The largest absolute Gasteiger partial charge is 0.458 e. The Kier molecular flexibility index (Phi) is 3.46. The first kappa shape index (κ1) is 14.2. The smallest absolute Gasteiger partial charge is 0.231 e. The number of rotatable bonds is 4. The molecule has 1 aliphatic rings. The number of ether oxygens (including phenoxy) is 2. The van der Waals surface area contributed by atoms with Gasteiger partial charge in [-0.25, -0.2) is 0 Å². The summed E-state index contributed by atoms with van der Waals surface area (Å²) in [5.74, 6) is 2.25. The molecule has 4 nitrogen and oxygen atoms in total. The van der Waals surface area contributed by atoms with Crippen LogP contribution in [0.2, 0.25) is 0 Å². The van der Waals surface area contributed by atoms with E-state index < -0.39 is 6.10 Å². The monoisotopic (exact) mass is 310 g/mol. The zero-order valence-corrected chi connectivity index (χ0v) is 12.9. The molecule has 118 valence electrons. The van der Waals surface area contributed by atoms with E-state index in [1.807, 2.05) is 30.3 Å². The molecular formula is C19H18O4. The molecule has 3 aromatic rings. The molecule has 0 aliphatic carbocycles. The molecule has 1 atom stereocenters. The summed E-state index contributed by atoms with van der Waals surface area (Å²) in [6, 6.07) is 14.2. The Bertz CT molecular complexity index is 848. The van der Waals surface area contributed by atoms with Gasteiger partial charge in [0.05, 0.1) is 0 Å². The van der Waals surface area contributed by atoms with E-state index in [-0.39, 0.29) is 0 Å². The fourth-order valence-electron chi connectivity index (χ4n) is 2.84. The maximum atomic E-state index is 9.61. The standard InChI is InChI=1S/C19H18O4/c1-12(20)17-10-15-6-4-13(8-18(15)23-17)2-3-14-5-7-16-19(9-14)22-11-21-16/h4-10,12,20H,2-3,11H2,1H3. The number of fused-ring (bicyclic) bond motifs is 2. The average Bonchev–Trinajstić information content (AvgIpc) is 3.18. The maximum Gasteiger partial charge on any atom is 0.231 e. The molecule has 0 saturated heterocycles. The minimum Gasteiger partial charge on any atom is -0.458 e. The molecule has 1 unspecified atom stereocenters. The van der Waals surface area contributed by atoms with Crippen molar-refractivity contribution < 1.29 is 19.0 Å². The lowest BCUT2D eigenvalue weighted by Crippen LogP contribution is -1.93. The summed E-state index contributed by atoms with van der Waals surface area (Å²) < 4.78 is 16.4. The predicted molar refractivity (Wildman–Crippen MR) is 86.8 cm³/mol. The number of hydrogen-bond donors (Lipinski definition) is 1. The molecular weight excluding hydrogens is 292 g/mol. The van der Waals surface area contributed by atoms with Crippen LogP contribution in [0.4, 0.5) is 0 Å². The van der Waals surface area contributed by atoms with Crippen molar-refractivity contribution in [2.24, 2.45) is 0 Å². The molecule has 0 fully saturated rings. The van der Waals surface area contributed by atoms with Crippen LogP contribution in [-0.2, 0) is 12.8 Å². The number of aliphatic hydroxyl groups is 1. The molecule has 0 spiro atoms. The van der Waals surface area contributed by atoms with Crippen molar-refractivity contribution in [3.63, 3.8) is 0 Å². The molecule has 0 saturated carbocycles. The van der Waals surface area contributed by atoms with Crippen molar-refractivity contribution in [2.75, 3.05) is 6.79 Å². The summed E-state index contributed by atoms with van der Waals surface area (Å²) in [7, 11) is 0. The highest BCUT2D eigenvalue weighted by Gasteiger charge is 2.13. The quantitative estimate of drug-likeness (QED) is 0.791. The van der Waals surface area contributed by atoms with Crippen molar-refractivity contribution in [1.29, 1.82) is 0 Å². The fourth-order valence-corrected chi connectivity index (χ4v) is 2.84.